The summed E-state index contributed by atoms with van der Waals surface area (Å²) in [4.78, 5) is 16.2. The van der Waals surface area contributed by atoms with Gasteiger partial charge in [-0.25, -0.2) is 10.8 Å². The summed E-state index contributed by atoms with van der Waals surface area (Å²) in [6.45, 7) is 4.51. The molecular weight excluding hydrogens is 276 g/mol. The Kier molecular flexibility index (Phi) is 4.83. The fourth-order valence-electron chi connectivity index (χ4n) is 2.62. The van der Waals surface area contributed by atoms with Gasteiger partial charge in [-0.1, -0.05) is 25.4 Å². The summed E-state index contributed by atoms with van der Waals surface area (Å²) in [5.41, 5.74) is 2.84. The number of amides is 1. The van der Waals surface area contributed by atoms with E-state index < -0.39 is 0 Å². The number of carbonyl (C=O) groups is 1. The summed E-state index contributed by atoms with van der Waals surface area (Å²) in [5, 5.41) is 3.40. The number of hydrazine groups is 1. The van der Waals surface area contributed by atoms with E-state index in [1.807, 2.05) is 0 Å². The first kappa shape index (κ1) is 15.1. The second-order valence-corrected chi connectivity index (χ2v) is 6.04. The molecule has 0 aliphatic heterocycles. The van der Waals surface area contributed by atoms with Crippen molar-refractivity contribution in [2.45, 2.75) is 39.2 Å². The number of carbonyl (C=O) groups excluding carboxylic acids is 1. The maximum atomic E-state index is 12.2. The molecule has 110 valence electrons. The minimum absolute atomic E-state index is 0.130. The summed E-state index contributed by atoms with van der Waals surface area (Å²) >= 11 is 5.97. The lowest BCUT2D eigenvalue weighted by Gasteiger charge is -2.32. The van der Waals surface area contributed by atoms with Crippen LogP contribution in [0.4, 0.5) is 5.82 Å². The maximum Gasteiger partial charge on any atom is 0.253 e. The first-order valence-electron chi connectivity index (χ1n) is 6.94. The van der Waals surface area contributed by atoms with E-state index in [1.54, 1.807) is 6.07 Å². The molecule has 1 aliphatic rings. The Morgan fingerprint density at radius 3 is 2.75 bits per heavy atom. The number of nitrogens with zero attached hydrogens (tertiary/aromatic N) is 1. The molecule has 2 rings (SSSR count). The van der Waals surface area contributed by atoms with Gasteiger partial charge in [-0.15, -0.1) is 0 Å². The number of nitrogens with one attached hydrogen (secondary N) is 2. The van der Waals surface area contributed by atoms with E-state index >= 15 is 0 Å². The third kappa shape index (κ3) is 3.41. The van der Waals surface area contributed by atoms with E-state index in [0.29, 0.717) is 22.3 Å². The third-order valence-electron chi connectivity index (χ3n) is 4.17. The molecule has 1 amide bonds. The highest BCUT2D eigenvalue weighted by atomic mass is 35.5. The van der Waals surface area contributed by atoms with E-state index in [9.17, 15) is 4.79 Å². The molecule has 0 spiro atoms. The van der Waals surface area contributed by atoms with E-state index in [1.165, 1.54) is 6.20 Å². The van der Waals surface area contributed by atoms with Gasteiger partial charge in [-0.2, -0.15) is 0 Å². The fourth-order valence-corrected chi connectivity index (χ4v) is 2.84. The normalized spacial score (nSPS) is 26.1. The van der Waals surface area contributed by atoms with Crippen LogP contribution in [-0.2, 0) is 0 Å². The van der Waals surface area contributed by atoms with Gasteiger partial charge in [0.15, 0.2) is 5.82 Å². The number of anilines is 1. The highest BCUT2D eigenvalue weighted by Crippen LogP contribution is 2.29. The zero-order valence-electron chi connectivity index (χ0n) is 11.8. The number of nitrogen functional groups attached to an aromatic ring is 1. The first-order valence-corrected chi connectivity index (χ1v) is 7.32. The van der Waals surface area contributed by atoms with Crippen molar-refractivity contribution in [3.8, 4) is 0 Å². The SMILES string of the molecule is CC1CCC(NC(=O)c2cnc(NN)c(Cl)c2)CC1C. The van der Waals surface area contributed by atoms with Crippen molar-refractivity contribution in [1.29, 1.82) is 0 Å². The van der Waals surface area contributed by atoms with E-state index in [4.69, 9.17) is 17.4 Å². The zero-order valence-corrected chi connectivity index (χ0v) is 12.6. The van der Waals surface area contributed by atoms with E-state index in [0.717, 1.165) is 25.2 Å². The number of rotatable bonds is 3. The molecule has 0 bridgehead atoms. The van der Waals surface area contributed by atoms with Crippen molar-refractivity contribution in [3.05, 3.63) is 22.8 Å². The van der Waals surface area contributed by atoms with Crippen LogP contribution >= 0.6 is 11.6 Å². The largest absolute Gasteiger partial charge is 0.349 e. The number of aromatic nitrogens is 1. The summed E-state index contributed by atoms with van der Waals surface area (Å²) in [7, 11) is 0. The summed E-state index contributed by atoms with van der Waals surface area (Å²) in [6, 6.07) is 1.81. The van der Waals surface area contributed by atoms with Crippen LogP contribution in [0.1, 0.15) is 43.5 Å². The molecule has 0 aromatic carbocycles. The Balaban J connectivity index is 2.00. The molecule has 4 N–H and O–H groups in total. The van der Waals surface area contributed by atoms with Gasteiger partial charge in [0.05, 0.1) is 10.6 Å². The molecule has 1 aromatic rings. The molecule has 6 heteroatoms. The number of hydrogen-bond donors (Lipinski definition) is 3. The molecule has 0 radical (unpaired) electrons. The monoisotopic (exact) mass is 296 g/mol. The molecule has 5 nitrogen and oxygen atoms in total. The number of nitrogens with two attached hydrogens (primary N) is 1. The minimum Gasteiger partial charge on any atom is -0.349 e. The molecule has 3 atom stereocenters. The van der Waals surface area contributed by atoms with Crippen LogP contribution in [-0.4, -0.2) is 16.9 Å². The third-order valence-corrected chi connectivity index (χ3v) is 4.46. The standard InChI is InChI=1S/C14H21ClN4O/c1-8-3-4-11(5-9(8)2)18-14(20)10-6-12(15)13(19-16)17-7-10/h6-9,11H,3-5,16H2,1-2H3,(H,17,19)(H,18,20). The first-order chi connectivity index (χ1) is 9.51. The lowest BCUT2D eigenvalue weighted by molar-refractivity contribution is 0.0910. The molecule has 1 heterocycles. The summed E-state index contributed by atoms with van der Waals surface area (Å²) in [5.74, 6) is 6.86. The fraction of sp³-hybridized carbons (Fsp3) is 0.571. The Labute approximate surface area is 124 Å². The molecule has 1 aliphatic carbocycles. The van der Waals surface area contributed by atoms with Crippen LogP contribution in [0.25, 0.3) is 0 Å². The molecule has 20 heavy (non-hydrogen) atoms. The van der Waals surface area contributed by atoms with Crippen molar-refractivity contribution in [2.75, 3.05) is 5.43 Å². The highest BCUT2D eigenvalue weighted by molar-refractivity contribution is 6.33. The van der Waals surface area contributed by atoms with Gasteiger partial charge in [-0.3, -0.25) is 4.79 Å². The average Bonchev–Trinajstić information content (AvgIpc) is 2.42. The number of hydrogen-bond acceptors (Lipinski definition) is 4. The molecule has 1 fully saturated rings. The van der Waals surface area contributed by atoms with Crippen molar-refractivity contribution in [2.24, 2.45) is 17.7 Å². The van der Waals surface area contributed by atoms with Gasteiger partial charge in [0.1, 0.15) is 0 Å². The topological polar surface area (TPSA) is 80.0 Å². The van der Waals surface area contributed by atoms with Crippen LogP contribution in [0.5, 0.6) is 0 Å². The van der Waals surface area contributed by atoms with Crippen LogP contribution in [0.15, 0.2) is 12.3 Å². The van der Waals surface area contributed by atoms with Gasteiger partial charge < -0.3 is 10.7 Å². The maximum absolute atomic E-state index is 12.2. The lowest BCUT2D eigenvalue weighted by Crippen LogP contribution is -2.39. The van der Waals surface area contributed by atoms with Gasteiger partial charge in [0.2, 0.25) is 0 Å². The van der Waals surface area contributed by atoms with Crippen LogP contribution in [0.3, 0.4) is 0 Å². The van der Waals surface area contributed by atoms with Crippen LogP contribution in [0.2, 0.25) is 5.02 Å². The van der Waals surface area contributed by atoms with Crippen LogP contribution in [0, 0.1) is 11.8 Å². The van der Waals surface area contributed by atoms with Crippen molar-refractivity contribution in [3.63, 3.8) is 0 Å². The van der Waals surface area contributed by atoms with Gasteiger partial charge in [-0.05, 0) is 37.2 Å². The van der Waals surface area contributed by atoms with Crippen LogP contribution < -0.4 is 16.6 Å². The van der Waals surface area contributed by atoms with Gasteiger partial charge in [0.25, 0.3) is 5.91 Å². The zero-order chi connectivity index (χ0) is 14.7. The van der Waals surface area contributed by atoms with Gasteiger partial charge in [0, 0.05) is 12.2 Å². The van der Waals surface area contributed by atoms with Crippen molar-refractivity contribution in [1.82, 2.24) is 10.3 Å². The minimum atomic E-state index is -0.130. The number of halogens is 1. The van der Waals surface area contributed by atoms with E-state index in [2.05, 4.69) is 29.6 Å². The molecule has 3 unspecified atom stereocenters. The van der Waals surface area contributed by atoms with Crippen molar-refractivity contribution >= 4 is 23.3 Å². The molecule has 1 aromatic heterocycles. The second-order valence-electron chi connectivity index (χ2n) is 5.64. The lowest BCUT2D eigenvalue weighted by atomic mass is 9.79. The highest BCUT2D eigenvalue weighted by Gasteiger charge is 2.25. The molecule has 0 saturated heterocycles. The van der Waals surface area contributed by atoms with Gasteiger partial charge >= 0.3 is 0 Å². The summed E-state index contributed by atoms with van der Waals surface area (Å²) < 4.78 is 0. The average molecular weight is 297 g/mol. The Hall–Kier alpha value is -1.33. The predicted molar refractivity (Wildman–Crippen MR) is 80.5 cm³/mol. The molecule has 1 saturated carbocycles. The Morgan fingerprint density at radius 1 is 1.40 bits per heavy atom. The number of pyridine rings is 1. The van der Waals surface area contributed by atoms with E-state index in [-0.39, 0.29) is 11.9 Å². The summed E-state index contributed by atoms with van der Waals surface area (Å²) in [6.07, 6.45) is 4.68. The van der Waals surface area contributed by atoms with Crippen molar-refractivity contribution < 1.29 is 4.79 Å². The predicted octanol–water partition coefficient (Wildman–Crippen LogP) is 2.58. The smallest absolute Gasteiger partial charge is 0.253 e. The Bertz CT molecular complexity index is 494. The second kappa shape index (κ2) is 6.41. The molecular formula is C14H21ClN4O. The Morgan fingerprint density at radius 2 is 2.15 bits per heavy atom. The quantitative estimate of drug-likeness (QED) is 0.591.